The van der Waals surface area contributed by atoms with E-state index >= 15 is 0 Å². The van der Waals surface area contributed by atoms with E-state index in [9.17, 15) is 14.0 Å². The number of halogens is 1. The Morgan fingerprint density at radius 3 is 2.57 bits per heavy atom. The number of hydrogen-bond donors (Lipinski definition) is 1. The maximum Gasteiger partial charge on any atom is 0.216 e. The molecule has 1 heterocycles. The minimum atomic E-state index is -0.483. The number of carbonyl (C=O) groups excluding carboxylic acids is 2. The molecule has 0 bridgehead atoms. The number of rotatable bonds is 7. The third kappa shape index (κ3) is 4.85. The molecule has 0 aliphatic rings. The quantitative estimate of drug-likeness (QED) is 0.635. The van der Waals surface area contributed by atoms with Crippen LogP contribution in [-0.4, -0.2) is 38.4 Å². The summed E-state index contributed by atoms with van der Waals surface area (Å²) in [7, 11) is 0. The number of nitrogens with zero attached hydrogens (tertiary/aromatic N) is 4. The molecule has 1 aromatic heterocycles. The fourth-order valence-corrected chi connectivity index (χ4v) is 2.64. The third-order valence-electron chi connectivity index (χ3n) is 4.19. The lowest BCUT2D eigenvalue weighted by atomic mass is 10.1. The molecule has 0 radical (unpaired) electrons. The molecule has 0 atom stereocenters. The van der Waals surface area contributed by atoms with Gasteiger partial charge in [0, 0.05) is 24.6 Å². The van der Waals surface area contributed by atoms with E-state index in [4.69, 9.17) is 0 Å². The van der Waals surface area contributed by atoms with Crippen LogP contribution in [0.15, 0.2) is 42.5 Å². The first-order chi connectivity index (χ1) is 13.4. The van der Waals surface area contributed by atoms with Crippen LogP contribution in [0.3, 0.4) is 0 Å². The summed E-state index contributed by atoms with van der Waals surface area (Å²) in [6.07, 6.45) is 0.352. The van der Waals surface area contributed by atoms with Crippen molar-refractivity contribution < 1.29 is 14.0 Å². The number of Topliss-reactive ketones (excluding diaryl/α,β-unsaturated/α-hetero) is 1. The first-order valence-electron chi connectivity index (χ1n) is 8.83. The number of aryl methyl sites for hydroxylation is 1. The van der Waals surface area contributed by atoms with Crippen LogP contribution in [0.1, 0.15) is 28.4 Å². The van der Waals surface area contributed by atoms with Gasteiger partial charge in [0.2, 0.25) is 11.7 Å². The maximum atomic E-state index is 14.2. The molecule has 0 saturated heterocycles. The van der Waals surface area contributed by atoms with Crippen LogP contribution in [0.4, 0.5) is 4.39 Å². The van der Waals surface area contributed by atoms with Crippen LogP contribution >= 0.6 is 0 Å². The van der Waals surface area contributed by atoms with Crippen LogP contribution in [0.5, 0.6) is 0 Å². The molecular formula is C20H20FN5O2. The van der Waals surface area contributed by atoms with Crippen LogP contribution in [0, 0.1) is 12.7 Å². The van der Waals surface area contributed by atoms with Crippen molar-refractivity contribution in [3.63, 3.8) is 0 Å². The van der Waals surface area contributed by atoms with Crippen molar-refractivity contribution in [1.29, 1.82) is 0 Å². The zero-order chi connectivity index (χ0) is 20.1. The van der Waals surface area contributed by atoms with E-state index in [-0.39, 0.29) is 23.8 Å². The molecule has 0 aliphatic carbocycles. The molecule has 3 rings (SSSR count). The van der Waals surface area contributed by atoms with Gasteiger partial charge in [-0.3, -0.25) is 9.59 Å². The normalized spacial score (nSPS) is 10.7. The summed E-state index contributed by atoms with van der Waals surface area (Å²) >= 11 is 0. The van der Waals surface area contributed by atoms with Crippen molar-refractivity contribution in [3.8, 4) is 11.4 Å². The minimum absolute atomic E-state index is 0.135. The van der Waals surface area contributed by atoms with E-state index in [1.807, 2.05) is 31.2 Å². The second-order valence-electron chi connectivity index (χ2n) is 6.47. The number of amides is 1. The standard InChI is InChI=1S/C20H20FN5O2/c1-13-3-5-16(6-4-13)20-23-25-26(24-20)12-19(28)17-8-7-15(18(21)11-17)9-10-22-14(2)27/h3-8,11H,9-10,12H2,1-2H3,(H,22,27). The summed E-state index contributed by atoms with van der Waals surface area (Å²) in [5, 5.41) is 14.7. The number of aromatic nitrogens is 4. The predicted molar refractivity (Wildman–Crippen MR) is 101 cm³/mol. The SMILES string of the molecule is CC(=O)NCCc1ccc(C(=O)Cn2nnc(-c3ccc(C)cc3)n2)cc1F. The lowest BCUT2D eigenvalue weighted by Gasteiger charge is -2.06. The van der Waals surface area contributed by atoms with Crippen molar-refractivity contribution in [1.82, 2.24) is 25.5 Å². The van der Waals surface area contributed by atoms with Crippen LogP contribution in [0.25, 0.3) is 11.4 Å². The summed E-state index contributed by atoms with van der Waals surface area (Å²) in [6, 6.07) is 12.0. The van der Waals surface area contributed by atoms with Gasteiger partial charge in [0.1, 0.15) is 12.4 Å². The Morgan fingerprint density at radius 1 is 1.14 bits per heavy atom. The molecule has 0 unspecified atom stereocenters. The highest BCUT2D eigenvalue weighted by molar-refractivity contribution is 5.95. The molecule has 0 fully saturated rings. The zero-order valence-corrected chi connectivity index (χ0v) is 15.6. The van der Waals surface area contributed by atoms with Gasteiger partial charge in [0.05, 0.1) is 0 Å². The Bertz CT molecular complexity index is 998. The van der Waals surface area contributed by atoms with E-state index in [1.54, 1.807) is 12.1 Å². The minimum Gasteiger partial charge on any atom is -0.356 e. The summed E-state index contributed by atoms with van der Waals surface area (Å²) in [6.45, 7) is 3.59. The summed E-state index contributed by atoms with van der Waals surface area (Å²) in [5.41, 5.74) is 2.59. The zero-order valence-electron chi connectivity index (χ0n) is 15.6. The third-order valence-corrected chi connectivity index (χ3v) is 4.19. The van der Waals surface area contributed by atoms with Gasteiger partial charge in [-0.2, -0.15) is 4.80 Å². The molecular weight excluding hydrogens is 361 g/mol. The summed E-state index contributed by atoms with van der Waals surface area (Å²) < 4.78 is 14.2. The number of ketones is 1. The maximum absolute atomic E-state index is 14.2. The number of tetrazole rings is 1. The van der Waals surface area contributed by atoms with Gasteiger partial charge >= 0.3 is 0 Å². The Hall–Kier alpha value is -3.42. The van der Waals surface area contributed by atoms with Crippen LogP contribution in [0.2, 0.25) is 0 Å². The van der Waals surface area contributed by atoms with Gasteiger partial charge in [-0.15, -0.1) is 10.2 Å². The van der Waals surface area contributed by atoms with Gasteiger partial charge in [-0.25, -0.2) is 4.39 Å². The predicted octanol–water partition coefficient (Wildman–Crippen LogP) is 2.35. The Kier molecular flexibility index (Phi) is 5.88. The molecule has 3 aromatic rings. The number of carbonyl (C=O) groups is 2. The second kappa shape index (κ2) is 8.51. The first-order valence-corrected chi connectivity index (χ1v) is 8.83. The molecule has 0 aliphatic heterocycles. The highest BCUT2D eigenvalue weighted by Crippen LogP contribution is 2.15. The average molecular weight is 381 g/mol. The summed E-state index contributed by atoms with van der Waals surface area (Å²) in [5.74, 6) is -0.548. The average Bonchev–Trinajstić information content (AvgIpc) is 3.11. The van der Waals surface area contributed by atoms with Crippen LogP contribution < -0.4 is 5.32 Å². The fourth-order valence-electron chi connectivity index (χ4n) is 2.64. The van der Waals surface area contributed by atoms with Crippen LogP contribution in [-0.2, 0) is 17.8 Å². The lowest BCUT2D eigenvalue weighted by molar-refractivity contribution is -0.118. The number of benzene rings is 2. The van der Waals surface area contributed by atoms with Crippen molar-refractivity contribution >= 4 is 11.7 Å². The first kappa shape index (κ1) is 19.3. The monoisotopic (exact) mass is 381 g/mol. The fraction of sp³-hybridized carbons (Fsp3) is 0.250. The second-order valence-corrected chi connectivity index (χ2v) is 6.47. The Balaban J connectivity index is 1.65. The van der Waals surface area contributed by atoms with Gasteiger partial charge in [-0.1, -0.05) is 42.0 Å². The van der Waals surface area contributed by atoms with E-state index in [0.29, 0.717) is 24.4 Å². The van der Waals surface area contributed by atoms with Gasteiger partial charge < -0.3 is 5.32 Å². The molecule has 1 amide bonds. The Labute approximate surface area is 161 Å². The van der Waals surface area contributed by atoms with Gasteiger partial charge in [0.15, 0.2) is 5.78 Å². The molecule has 7 nitrogen and oxygen atoms in total. The molecule has 2 aromatic carbocycles. The highest BCUT2D eigenvalue weighted by atomic mass is 19.1. The Morgan fingerprint density at radius 2 is 1.89 bits per heavy atom. The highest BCUT2D eigenvalue weighted by Gasteiger charge is 2.13. The van der Waals surface area contributed by atoms with Gasteiger partial charge in [-0.05, 0) is 30.2 Å². The van der Waals surface area contributed by atoms with Gasteiger partial charge in [0.25, 0.3) is 0 Å². The van der Waals surface area contributed by atoms with Crippen molar-refractivity contribution in [2.24, 2.45) is 0 Å². The summed E-state index contributed by atoms with van der Waals surface area (Å²) in [4.78, 5) is 24.5. The van der Waals surface area contributed by atoms with Crippen molar-refractivity contribution in [2.45, 2.75) is 26.8 Å². The lowest BCUT2D eigenvalue weighted by Crippen LogP contribution is -2.22. The number of hydrogen-bond acceptors (Lipinski definition) is 5. The largest absolute Gasteiger partial charge is 0.356 e. The number of nitrogens with one attached hydrogen (secondary N) is 1. The van der Waals surface area contributed by atoms with E-state index in [1.165, 1.54) is 17.8 Å². The van der Waals surface area contributed by atoms with E-state index in [0.717, 1.165) is 11.1 Å². The molecule has 0 saturated carbocycles. The smallest absolute Gasteiger partial charge is 0.216 e. The molecule has 28 heavy (non-hydrogen) atoms. The molecule has 8 heteroatoms. The van der Waals surface area contributed by atoms with Crippen molar-refractivity contribution in [3.05, 3.63) is 65.0 Å². The molecule has 1 N–H and O–H groups in total. The molecule has 144 valence electrons. The molecule has 0 spiro atoms. The topological polar surface area (TPSA) is 89.8 Å². The van der Waals surface area contributed by atoms with E-state index < -0.39 is 5.82 Å². The van der Waals surface area contributed by atoms with Crippen molar-refractivity contribution in [2.75, 3.05) is 6.54 Å². The van der Waals surface area contributed by atoms with E-state index in [2.05, 4.69) is 20.7 Å².